The molecule has 0 spiro atoms. The molecule has 1 fully saturated rings. The number of fused-ring (bicyclic) bond motifs is 1. The molecule has 0 saturated carbocycles. The van der Waals surface area contributed by atoms with Crippen LogP contribution in [0.5, 0.6) is 0 Å². The molecule has 0 radical (unpaired) electrons. The molecule has 20 heavy (non-hydrogen) atoms. The molecule has 1 aromatic carbocycles. The highest BCUT2D eigenvalue weighted by atomic mass is 79.9. The van der Waals surface area contributed by atoms with E-state index in [1.165, 1.54) is 43.2 Å². The van der Waals surface area contributed by atoms with Crippen molar-refractivity contribution in [2.24, 2.45) is 0 Å². The lowest BCUT2D eigenvalue weighted by Crippen LogP contribution is -2.39. The maximum atomic E-state index is 4.46. The third kappa shape index (κ3) is 3.04. The number of pyridine rings is 1. The van der Waals surface area contributed by atoms with Crippen LogP contribution >= 0.6 is 15.9 Å². The van der Waals surface area contributed by atoms with Gasteiger partial charge in [-0.25, -0.2) is 0 Å². The maximum absolute atomic E-state index is 4.46. The lowest BCUT2D eigenvalue weighted by Gasteiger charge is -2.35. The van der Waals surface area contributed by atoms with Gasteiger partial charge in [0.05, 0.1) is 5.52 Å². The third-order valence-electron chi connectivity index (χ3n) is 4.30. The van der Waals surface area contributed by atoms with Crippen molar-refractivity contribution in [3.05, 3.63) is 42.1 Å². The largest absolute Gasteiger partial charge is 0.296 e. The fraction of sp³-hybridized carbons (Fsp3) is 0.471. The second-order valence-electron chi connectivity index (χ2n) is 5.58. The topological polar surface area (TPSA) is 16.1 Å². The number of halogens is 1. The van der Waals surface area contributed by atoms with Gasteiger partial charge in [-0.05, 0) is 43.5 Å². The highest BCUT2D eigenvalue weighted by molar-refractivity contribution is 9.09. The van der Waals surface area contributed by atoms with Crippen LogP contribution in [0.2, 0.25) is 0 Å². The zero-order valence-electron chi connectivity index (χ0n) is 11.8. The molecule has 1 saturated heterocycles. The monoisotopic (exact) mass is 332 g/mol. The molecule has 0 bridgehead atoms. The molecular formula is C17H21BrN2. The second kappa shape index (κ2) is 6.68. The molecule has 0 N–H and O–H groups in total. The van der Waals surface area contributed by atoms with Crippen molar-refractivity contribution >= 4 is 26.8 Å². The molecule has 2 nitrogen and oxygen atoms in total. The highest BCUT2D eigenvalue weighted by Crippen LogP contribution is 2.25. The smallest absolute Gasteiger partial charge is 0.0705 e. The Bertz CT molecular complexity index is 562. The van der Waals surface area contributed by atoms with E-state index in [1.54, 1.807) is 0 Å². The number of rotatable bonds is 4. The number of hydrogen-bond acceptors (Lipinski definition) is 2. The van der Waals surface area contributed by atoms with Crippen molar-refractivity contribution < 1.29 is 0 Å². The first-order chi connectivity index (χ1) is 9.88. The molecule has 0 amide bonds. The minimum Gasteiger partial charge on any atom is -0.296 e. The van der Waals surface area contributed by atoms with Crippen molar-refractivity contribution in [3.8, 4) is 0 Å². The van der Waals surface area contributed by atoms with E-state index in [0.717, 1.165) is 23.4 Å². The SMILES string of the molecule is BrCCC1CCCCN1Cc1ccnc2ccccc12. The fourth-order valence-electron chi connectivity index (χ4n) is 3.23. The van der Waals surface area contributed by atoms with Crippen molar-refractivity contribution in [2.45, 2.75) is 38.3 Å². The summed E-state index contributed by atoms with van der Waals surface area (Å²) in [5.74, 6) is 0. The number of aromatic nitrogens is 1. The Morgan fingerprint density at radius 2 is 2.10 bits per heavy atom. The summed E-state index contributed by atoms with van der Waals surface area (Å²) in [5.41, 5.74) is 2.52. The van der Waals surface area contributed by atoms with Crippen LogP contribution in [0.25, 0.3) is 10.9 Å². The van der Waals surface area contributed by atoms with E-state index in [4.69, 9.17) is 0 Å². The van der Waals surface area contributed by atoms with Crippen molar-refractivity contribution in [3.63, 3.8) is 0 Å². The van der Waals surface area contributed by atoms with Crippen LogP contribution in [-0.2, 0) is 6.54 Å². The van der Waals surface area contributed by atoms with E-state index < -0.39 is 0 Å². The molecular weight excluding hydrogens is 312 g/mol. The number of para-hydroxylation sites is 1. The summed E-state index contributed by atoms with van der Waals surface area (Å²) in [6, 6.07) is 11.4. The molecule has 1 aliphatic heterocycles. The van der Waals surface area contributed by atoms with Crippen molar-refractivity contribution in [1.29, 1.82) is 0 Å². The van der Waals surface area contributed by atoms with Crippen LogP contribution in [0.4, 0.5) is 0 Å². The standard InChI is InChI=1S/C17H21BrN2/c18-10-8-15-5-3-4-12-20(15)13-14-9-11-19-17-7-2-1-6-16(14)17/h1-2,6-7,9,11,15H,3-5,8,10,12-13H2. The quantitative estimate of drug-likeness (QED) is 0.772. The minimum absolute atomic E-state index is 0.732. The van der Waals surface area contributed by atoms with E-state index in [1.807, 2.05) is 6.20 Å². The van der Waals surface area contributed by atoms with Crippen LogP contribution in [0, 0.1) is 0 Å². The molecule has 1 aliphatic rings. The predicted octanol–water partition coefficient (Wildman–Crippen LogP) is 4.37. The summed E-state index contributed by atoms with van der Waals surface area (Å²) >= 11 is 3.60. The Morgan fingerprint density at radius 1 is 1.20 bits per heavy atom. The molecule has 106 valence electrons. The number of benzene rings is 1. The van der Waals surface area contributed by atoms with Gasteiger partial charge in [-0.2, -0.15) is 0 Å². The molecule has 2 aromatic rings. The van der Waals surface area contributed by atoms with E-state index in [-0.39, 0.29) is 0 Å². The second-order valence-corrected chi connectivity index (χ2v) is 6.38. The zero-order valence-corrected chi connectivity index (χ0v) is 13.3. The fourth-order valence-corrected chi connectivity index (χ4v) is 3.76. The normalized spacial score (nSPS) is 20.4. The Hall–Kier alpha value is -0.930. The van der Waals surface area contributed by atoms with Crippen LogP contribution in [0.3, 0.4) is 0 Å². The number of piperidine rings is 1. The van der Waals surface area contributed by atoms with Gasteiger partial charge in [-0.1, -0.05) is 40.5 Å². The van der Waals surface area contributed by atoms with Crippen LogP contribution in [-0.4, -0.2) is 27.8 Å². The molecule has 2 heterocycles. The van der Waals surface area contributed by atoms with Gasteiger partial charge >= 0.3 is 0 Å². The lowest BCUT2D eigenvalue weighted by atomic mass is 9.98. The Labute approximate surface area is 129 Å². The van der Waals surface area contributed by atoms with Gasteiger partial charge in [-0.15, -0.1) is 0 Å². The number of likely N-dealkylation sites (tertiary alicyclic amines) is 1. The predicted molar refractivity (Wildman–Crippen MR) is 88.2 cm³/mol. The number of nitrogens with zero attached hydrogens (tertiary/aromatic N) is 2. The lowest BCUT2D eigenvalue weighted by molar-refractivity contribution is 0.138. The van der Waals surface area contributed by atoms with Crippen LogP contribution < -0.4 is 0 Å². The summed E-state index contributed by atoms with van der Waals surface area (Å²) in [6.07, 6.45) is 7.26. The Kier molecular flexibility index (Phi) is 4.69. The van der Waals surface area contributed by atoms with Gasteiger partial charge in [0.25, 0.3) is 0 Å². The van der Waals surface area contributed by atoms with Gasteiger partial charge in [0.15, 0.2) is 0 Å². The van der Waals surface area contributed by atoms with Crippen molar-refractivity contribution in [1.82, 2.24) is 9.88 Å². The van der Waals surface area contributed by atoms with Gasteiger partial charge in [0.1, 0.15) is 0 Å². The molecule has 1 atom stereocenters. The van der Waals surface area contributed by atoms with Crippen LogP contribution in [0.15, 0.2) is 36.5 Å². The highest BCUT2D eigenvalue weighted by Gasteiger charge is 2.22. The van der Waals surface area contributed by atoms with E-state index >= 15 is 0 Å². The number of alkyl halides is 1. The Balaban J connectivity index is 1.84. The van der Waals surface area contributed by atoms with Gasteiger partial charge in [-0.3, -0.25) is 9.88 Å². The molecule has 3 heteroatoms. The van der Waals surface area contributed by atoms with E-state index in [0.29, 0.717) is 0 Å². The average Bonchev–Trinajstić information content (AvgIpc) is 2.50. The summed E-state index contributed by atoms with van der Waals surface area (Å²) in [4.78, 5) is 7.12. The summed E-state index contributed by atoms with van der Waals surface area (Å²) in [6.45, 7) is 2.29. The average molecular weight is 333 g/mol. The molecule has 1 unspecified atom stereocenters. The van der Waals surface area contributed by atoms with Gasteiger partial charge < -0.3 is 0 Å². The molecule has 0 aliphatic carbocycles. The third-order valence-corrected chi connectivity index (χ3v) is 4.76. The van der Waals surface area contributed by atoms with E-state index in [9.17, 15) is 0 Å². The minimum atomic E-state index is 0.732. The first kappa shape index (κ1) is 14.0. The maximum Gasteiger partial charge on any atom is 0.0705 e. The first-order valence-electron chi connectivity index (χ1n) is 7.51. The van der Waals surface area contributed by atoms with Crippen molar-refractivity contribution in [2.75, 3.05) is 11.9 Å². The Morgan fingerprint density at radius 3 is 3.00 bits per heavy atom. The summed E-state index contributed by atoms with van der Waals surface area (Å²) in [5, 5.41) is 2.41. The number of hydrogen-bond donors (Lipinski definition) is 0. The molecule has 3 rings (SSSR count). The summed E-state index contributed by atoms with van der Waals surface area (Å²) < 4.78 is 0. The van der Waals surface area contributed by atoms with Gasteiger partial charge in [0, 0.05) is 29.5 Å². The zero-order chi connectivity index (χ0) is 13.8. The van der Waals surface area contributed by atoms with Crippen LogP contribution in [0.1, 0.15) is 31.2 Å². The van der Waals surface area contributed by atoms with E-state index in [2.05, 4.69) is 56.1 Å². The first-order valence-corrected chi connectivity index (χ1v) is 8.63. The van der Waals surface area contributed by atoms with Gasteiger partial charge in [0.2, 0.25) is 0 Å². The summed E-state index contributed by atoms with van der Waals surface area (Å²) in [7, 11) is 0. The molecule has 1 aromatic heterocycles.